The normalized spacial score (nSPS) is 11.2. The summed E-state index contributed by atoms with van der Waals surface area (Å²) < 4.78 is 29.6. The summed E-state index contributed by atoms with van der Waals surface area (Å²) in [5.74, 6) is 0.388. The Morgan fingerprint density at radius 2 is 1.52 bits per heavy atom. The van der Waals surface area contributed by atoms with Crippen LogP contribution in [-0.4, -0.2) is 14.2 Å². The van der Waals surface area contributed by atoms with Gasteiger partial charge in [-0.3, -0.25) is 0 Å². The molecule has 5 heteroatoms. The molecule has 2 aromatic carbocycles. The molecular formula is C18H20O4S. The summed E-state index contributed by atoms with van der Waals surface area (Å²) in [5.41, 5.74) is 2.04. The lowest BCUT2D eigenvalue weighted by Crippen LogP contribution is -2.09. The van der Waals surface area contributed by atoms with Crippen LogP contribution in [0.4, 0.5) is 0 Å². The summed E-state index contributed by atoms with van der Waals surface area (Å²) >= 11 is 0. The van der Waals surface area contributed by atoms with E-state index in [2.05, 4.69) is 0 Å². The number of hydrogen-bond acceptors (Lipinski definition) is 4. The van der Waals surface area contributed by atoms with Gasteiger partial charge in [0.2, 0.25) is 0 Å². The molecule has 0 N–H and O–H groups in total. The molecule has 0 saturated carbocycles. The molecular weight excluding hydrogens is 312 g/mol. The van der Waals surface area contributed by atoms with Gasteiger partial charge in [0.05, 0.1) is 0 Å². The van der Waals surface area contributed by atoms with Gasteiger partial charge < -0.3 is 8.98 Å². The number of ketones is 1. The first-order chi connectivity index (χ1) is 10.9. The molecule has 0 aliphatic rings. The zero-order chi connectivity index (χ0) is 16.9. The molecule has 0 aliphatic heterocycles. The Morgan fingerprint density at radius 3 is 2.04 bits per heavy atom. The standard InChI is InChI=1S/C18H20O4S/c1-3-15-8-12-18(13-9-15)23(20,21)22-17-10-6-16(7-11-17)5-4-14(2)19/h6-13H,3-5H2,1-2H3. The van der Waals surface area contributed by atoms with Crippen LogP contribution in [0.3, 0.4) is 0 Å². The third kappa shape index (κ3) is 4.93. The third-order valence-corrected chi connectivity index (χ3v) is 4.78. The van der Waals surface area contributed by atoms with E-state index < -0.39 is 10.1 Å². The van der Waals surface area contributed by atoms with Gasteiger partial charge in [-0.1, -0.05) is 31.2 Å². The van der Waals surface area contributed by atoms with Crippen molar-refractivity contribution in [2.24, 2.45) is 0 Å². The van der Waals surface area contributed by atoms with E-state index in [0.717, 1.165) is 17.5 Å². The molecule has 0 fully saturated rings. The van der Waals surface area contributed by atoms with E-state index >= 15 is 0 Å². The lowest BCUT2D eigenvalue weighted by Gasteiger charge is -2.08. The van der Waals surface area contributed by atoms with Crippen LogP contribution in [0.2, 0.25) is 0 Å². The van der Waals surface area contributed by atoms with Crippen LogP contribution in [0.1, 0.15) is 31.4 Å². The molecule has 0 saturated heterocycles. The van der Waals surface area contributed by atoms with Crippen molar-refractivity contribution < 1.29 is 17.4 Å². The van der Waals surface area contributed by atoms with Gasteiger partial charge in [-0.05, 0) is 55.2 Å². The monoisotopic (exact) mass is 332 g/mol. The van der Waals surface area contributed by atoms with Crippen molar-refractivity contribution in [1.29, 1.82) is 0 Å². The molecule has 0 heterocycles. The smallest absolute Gasteiger partial charge is 0.339 e. The maximum Gasteiger partial charge on any atom is 0.339 e. The first kappa shape index (κ1) is 17.2. The van der Waals surface area contributed by atoms with E-state index in [1.807, 2.05) is 6.92 Å². The number of Topliss-reactive ketones (excluding diaryl/α,β-unsaturated/α-hetero) is 1. The largest absolute Gasteiger partial charge is 0.379 e. The molecule has 4 nitrogen and oxygen atoms in total. The van der Waals surface area contributed by atoms with Gasteiger partial charge in [0.15, 0.2) is 0 Å². The number of carbonyl (C=O) groups excluding carboxylic acids is 1. The predicted octanol–water partition coefficient (Wildman–Crippen LogP) is 3.54. The highest BCUT2D eigenvalue weighted by atomic mass is 32.2. The van der Waals surface area contributed by atoms with Crippen molar-refractivity contribution in [3.8, 4) is 5.75 Å². The molecule has 0 atom stereocenters. The molecule has 0 bridgehead atoms. The SMILES string of the molecule is CCc1ccc(S(=O)(=O)Oc2ccc(CCC(C)=O)cc2)cc1. The number of rotatable bonds is 7. The first-order valence-corrected chi connectivity index (χ1v) is 8.93. The minimum Gasteiger partial charge on any atom is -0.379 e. The molecule has 0 unspecified atom stereocenters. The zero-order valence-corrected chi connectivity index (χ0v) is 14.1. The van der Waals surface area contributed by atoms with Gasteiger partial charge >= 0.3 is 10.1 Å². The van der Waals surface area contributed by atoms with Crippen molar-refractivity contribution in [3.63, 3.8) is 0 Å². The molecule has 122 valence electrons. The van der Waals surface area contributed by atoms with Crippen LogP contribution in [0.25, 0.3) is 0 Å². The van der Waals surface area contributed by atoms with Gasteiger partial charge in [-0.15, -0.1) is 0 Å². The van der Waals surface area contributed by atoms with E-state index in [-0.39, 0.29) is 16.4 Å². The van der Waals surface area contributed by atoms with Crippen molar-refractivity contribution >= 4 is 15.9 Å². The summed E-state index contributed by atoms with van der Waals surface area (Å²) in [5, 5.41) is 0. The Balaban J connectivity index is 2.08. The van der Waals surface area contributed by atoms with E-state index in [1.54, 1.807) is 55.5 Å². The summed E-state index contributed by atoms with van der Waals surface area (Å²) in [4.78, 5) is 11.1. The fraction of sp³-hybridized carbons (Fsp3) is 0.278. The van der Waals surface area contributed by atoms with E-state index in [9.17, 15) is 13.2 Å². The van der Waals surface area contributed by atoms with E-state index in [0.29, 0.717) is 12.8 Å². The molecule has 23 heavy (non-hydrogen) atoms. The zero-order valence-electron chi connectivity index (χ0n) is 13.3. The highest BCUT2D eigenvalue weighted by Gasteiger charge is 2.16. The van der Waals surface area contributed by atoms with Gasteiger partial charge in [0.1, 0.15) is 16.4 Å². The van der Waals surface area contributed by atoms with E-state index in [4.69, 9.17) is 4.18 Å². The van der Waals surface area contributed by atoms with Crippen LogP contribution in [-0.2, 0) is 27.8 Å². The van der Waals surface area contributed by atoms with Crippen LogP contribution in [0.5, 0.6) is 5.75 Å². The minimum absolute atomic E-state index is 0.128. The molecule has 0 amide bonds. The van der Waals surface area contributed by atoms with Gasteiger partial charge in [0, 0.05) is 6.42 Å². The molecule has 2 rings (SSSR count). The fourth-order valence-corrected chi connectivity index (χ4v) is 3.03. The molecule has 0 aromatic heterocycles. The fourth-order valence-electron chi connectivity index (χ4n) is 2.10. The van der Waals surface area contributed by atoms with Crippen LogP contribution in [0, 0.1) is 0 Å². The topological polar surface area (TPSA) is 60.4 Å². The van der Waals surface area contributed by atoms with Gasteiger partial charge in [0.25, 0.3) is 0 Å². The number of benzene rings is 2. The summed E-state index contributed by atoms with van der Waals surface area (Å²) in [7, 11) is -3.83. The molecule has 2 aromatic rings. The van der Waals surface area contributed by atoms with Gasteiger partial charge in [-0.2, -0.15) is 8.42 Å². The molecule has 0 aliphatic carbocycles. The minimum atomic E-state index is -3.83. The number of aryl methyl sites for hydroxylation is 2. The van der Waals surface area contributed by atoms with Crippen LogP contribution < -0.4 is 4.18 Å². The van der Waals surface area contributed by atoms with Crippen LogP contribution in [0.15, 0.2) is 53.4 Å². The molecule has 0 spiro atoms. The molecule has 0 radical (unpaired) electrons. The van der Waals surface area contributed by atoms with Crippen molar-refractivity contribution in [3.05, 3.63) is 59.7 Å². The summed E-state index contributed by atoms with van der Waals surface area (Å²) in [6.45, 7) is 3.56. The second-order valence-corrected chi connectivity index (χ2v) is 6.93. The van der Waals surface area contributed by atoms with Crippen molar-refractivity contribution in [2.75, 3.05) is 0 Å². The Kier molecular flexibility index (Phi) is 5.55. The highest BCUT2D eigenvalue weighted by molar-refractivity contribution is 7.87. The van der Waals surface area contributed by atoms with Crippen molar-refractivity contribution in [1.82, 2.24) is 0 Å². The summed E-state index contributed by atoms with van der Waals surface area (Å²) in [6.07, 6.45) is 1.96. The quantitative estimate of drug-likeness (QED) is 0.728. The maximum absolute atomic E-state index is 12.2. The predicted molar refractivity (Wildman–Crippen MR) is 89.1 cm³/mol. The van der Waals surface area contributed by atoms with E-state index in [1.165, 1.54) is 0 Å². The van der Waals surface area contributed by atoms with Crippen molar-refractivity contribution in [2.45, 2.75) is 38.0 Å². The maximum atomic E-state index is 12.2. The Labute approximate surface area is 137 Å². The highest BCUT2D eigenvalue weighted by Crippen LogP contribution is 2.20. The first-order valence-electron chi connectivity index (χ1n) is 7.52. The van der Waals surface area contributed by atoms with Crippen LogP contribution >= 0.6 is 0 Å². The lowest BCUT2D eigenvalue weighted by atomic mass is 10.1. The lowest BCUT2D eigenvalue weighted by molar-refractivity contribution is -0.116. The average Bonchev–Trinajstić information content (AvgIpc) is 2.54. The second kappa shape index (κ2) is 7.42. The Morgan fingerprint density at radius 1 is 0.957 bits per heavy atom. The second-order valence-electron chi connectivity index (χ2n) is 5.38. The number of hydrogen-bond donors (Lipinski definition) is 0. The average molecular weight is 332 g/mol. The van der Waals surface area contributed by atoms with Gasteiger partial charge in [-0.25, -0.2) is 0 Å². The summed E-state index contributed by atoms with van der Waals surface area (Å²) in [6, 6.07) is 13.4. The Hall–Kier alpha value is -2.14. The number of carbonyl (C=O) groups is 1. The Bertz CT molecular complexity index is 760. The third-order valence-electron chi connectivity index (χ3n) is 3.52.